The first kappa shape index (κ1) is 18.5. The third kappa shape index (κ3) is 2.75. The van der Waals surface area contributed by atoms with Gasteiger partial charge in [0.15, 0.2) is 0 Å². The van der Waals surface area contributed by atoms with Crippen molar-refractivity contribution in [3.63, 3.8) is 0 Å². The van der Waals surface area contributed by atoms with Crippen LogP contribution in [0.1, 0.15) is 65.2 Å². The molecule has 0 bridgehead atoms. The molecule has 4 heteroatoms. The van der Waals surface area contributed by atoms with Gasteiger partial charge in [0.2, 0.25) is 0 Å². The van der Waals surface area contributed by atoms with E-state index in [0.717, 1.165) is 38.5 Å². The molecule has 6 atom stereocenters. The van der Waals surface area contributed by atoms with Crippen molar-refractivity contribution in [1.29, 1.82) is 4.78 Å². The number of aliphatic hydroxyl groups excluding tert-OH is 1. The van der Waals surface area contributed by atoms with Crippen LogP contribution in [0.2, 0.25) is 0 Å². The maximum atomic E-state index is 13.5. The molecule has 1 aromatic rings. The molecule has 3 nitrogen and oxygen atoms in total. The van der Waals surface area contributed by atoms with E-state index in [1.807, 2.05) is 30.3 Å². The van der Waals surface area contributed by atoms with Gasteiger partial charge >= 0.3 is 0 Å². The Bertz CT molecular complexity index is 756. The molecule has 0 saturated heterocycles. The molecule has 3 fully saturated rings. The summed E-state index contributed by atoms with van der Waals surface area (Å²) in [6, 6.07) is 9.45. The van der Waals surface area contributed by atoms with Gasteiger partial charge in [0, 0.05) is 4.90 Å². The second-order valence-corrected chi connectivity index (χ2v) is 11.9. The van der Waals surface area contributed by atoms with Gasteiger partial charge in [-0.15, -0.1) is 0 Å². The van der Waals surface area contributed by atoms with Crippen LogP contribution in [0.25, 0.3) is 0 Å². The van der Waals surface area contributed by atoms with Crippen molar-refractivity contribution >= 4 is 9.73 Å². The SMILES string of the molecule is CC(CC1(S(=N)(=O)c2ccccc2)CC1)C1CCC2C(O)CCCC12C. The van der Waals surface area contributed by atoms with E-state index >= 15 is 0 Å². The van der Waals surface area contributed by atoms with E-state index in [1.54, 1.807) is 0 Å². The molecule has 0 aromatic heterocycles. The highest BCUT2D eigenvalue weighted by Crippen LogP contribution is 2.60. The van der Waals surface area contributed by atoms with Gasteiger partial charge in [-0.05, 0) is 80.2 Å². The minimum atomic E-state index is -2.76. The summed E-state index contributed by atoms with van der Waals surface area (Å²) in [5, 5.41) is 10.5. The van der Waals surface area contributed by atoms with E-state index in [-0.39, 0.29) is 16.3 Å². The summed E-state index contributed by atoms with van der Waals surface area (Å²) in [4.78, 5) is 0.702. The molecule has 3 saturated carbocycles. The second kappa shape index (κ2) is 6.34. The lowest BCUT2D eigenvalue weighted by Crippen LogP contribution is -2.42. The molecule has 0 amide bonds. The molecular formula is C22H33NO2S. The van der Waals surface area contributed by atoms with Crippen LogP contribution in [0.5, 0.6) is 0 Å². The highest BCUT2D eigenvalue weighted by atomic mass is 32.2. The van der Waals surface area contributed by atoms with Gasteiger partial charge in [0.25, 0.3) is 0 Å². The Kier molecular flexibility index (Phi) is 4.51. The van der Waals surface area contributed by atoms with Gasteiger partial charge in [-0.25, -0.2) is 8.99 Å². The van der Waals surface area contributed by atoms with Crippen molar-refractivity contribution in [2.24, 2.45) is 23.2 Å². The Balaban J connectivity index is 1.54. The lowest BCUT2D eigenvalue weighted by atomic mass is 9.61. The fourth-order valence-corrected chi connectivity index (χ4v) is 8.68. The minimum Gasteiger partial charge on any atom is -0.393 e. The number of nitrogens with one attached hydrogen (secondary N) is 1. The summed E-state index contributed by atoms with van der Waals surface area (Å²) in [6.45, 7) is 4.71. The number of aliphatic hydroxyl groups is 1. The van der Waals surface area contributed by atoms with E-state index in [9.17, 15) is 9.32 Å². The molecular weight excluding hydrogens is 342 g/mol. The summed E-state index contributed by atoms with van der Waals surface area (Å²) < 4.78 is 21.9. The number of fused-ring (bicyclic) bond motifs is 1. The summed E-state index contributed by atoms with van der Waals surface area (Å²) >= 11 is 0. The molecule has 0 spiro atoms. The van der Waals surface area contributed by atoms with Crippen LogP contribution in [-0.4, -0.2) is 20.2 Å². The molecule has 1 aromatic carbocycles. The van der Waals surface area contributed by atoms with Crippen LogP contribution in [0, 0.1) is 27.9 Å². The minimum absolute atomic E-state index is 0.134. The fourth-order valence-electron chi connectivity index (χ4n) is 6.46. The Labute approximate surface area is 158 Å². The van der Waals surface area contributed by atoms with Crippen LogP contribution in [-0.2, 0) is 9.73 Å². The maximum Gasteiger partial charge on any atom is 0.0784 e. The molecule has 3 aliphatic carbocycles. The largest absolute Gasteiger partial charge is 0.393 e. The molecule has 26 heavy (non-hydrogen) atoms. The standard InChI is InChI=1S/C22H33NO2S/c1-16(18-10-11-19-20(24)9-6-12-21(18,19)2)15-22(13-14-22)26(23,25)17-7-4-3-5-8-17/h3-5,7-8,16,18-20,23-24H,6,9-15H2,1-2H3. The van der Waals surface area contributed by atoms with E-state index < -0.39 is 9.73 Å². The number of rotatable bonds is 5. The monoisotopic (exact) mass is 375 g/mol. The van der Waals surface area contributed by atoms with E-state index in [4.69, 9.17) is 4.78 Å². The van der Waals surface area contributed by atoms with Crippen LogP contribution in [0.3, 0.4) is 0 Å². The third-order valence-corrected chi connectivity index (χ3v) is 10.8. The average Bonchev–Trinajstić information content (AvgIpc) is 3.31. The van der Waals surface area contributed by atoms with Crippen LogP contribution in [0.4, 0.5) is 0 Å². The van der Waals surface area contributed by atoms with Gasteiger partial charge in [0.05, 0.1) is 20.6 Å². The van der Waals surface area contributed by atoms with Crippen molar-refractivity contribution in [2.75, 3.05) is 0 Å². The van der Waals surface area contributed by atoms with E-state index in [2.05, 4.69) is 13.8 Å². The maximum absolute atomic E-state index is 13.5. The van der Waals surface area contributed by atoms with Crippen LogP contribution >= 0.6 is 0 Å². The highest BCUT2D eigenvalue weighted by molar-refractivity contribution is 7.94. The fraction of sp³-hybridized carbons (Fsp3) is 0.727. The van der Waals surface area contributed by atoms with E-state index in [1.165, 1.54) is 12.8 Å². The Morgan fingerprint density at radius 3 is 2.54 bits per heavy atom. The lowest BCUT2D eigenvalue weighted by Gasteiger charge is -2.45. The zero-order chi connectivity index (χ0) is 18.6. The molecule has 144 valence electrons. The summed E-state index contributed by atoms with van der Waals surface area (Å²) in [6.07, 6.45) is 8.22. The Morgan fingerprint density at radius 1 is 1.19 bits per heavy atom. The molecule has 6 unspecified atom stereocenters. The normalized spacial score (nSPS) is 39.0. The van der Waals surface area contributed by atoms with Crippen molar-refractivity contribution in [2.45, 2.75) is 81.0 Å². The first-order valence-electron chi connectivity index (χ1n) is 10.3. The van der Waals surface area contributed by atoms with Crippen molar-refractivity contribution in [3.05, 3.63) is 30.3 Å². The Morgan fingerprint density at radius 2 is 1.88 bits per heavy atom. The molecule has 0 aliphatic heterocycles. The summed E-state index contributed by atoms with van der Waals surface area (Å²) in [5.41, 5.74) is 0.225. The molecule has 2 N–H and O–H groups in total. The smallest absolute Gasteiger partial charge is 0.0784 e. The van der Waals surface area contributed by atoms with Crippen molar-refractivity contribution in [3.8, 4) is 0 Å². The topological polar surface area (TPSA) is 61.2 Å². The first-order chi connectivity index (χ1) is 12.3. The zero-order valence-corrected chi connectivity index (χ0v) is 16.9. The van der Waals surface area contributed by atoms with Gasteiger partial charge in [-0.2, -0.15) is 0 Å². The van der Waals surface area contributed by atoms with Gasteiger partial charge in [-0.1, -0.05) is 38.5 Å². The first-order valence-corrected chi connectivity index (χ1v) is 11.9. The van der Waals surface area contributed by atoms with Gasteiger partial charge < -0.3 is 5.11 Å². The summed E-state index contributed by atoms with van der Waals surface area (Å²) in [7, 11) is -2.76. The van der Waals surface area contributed by atoms with Crippen LogP contribution < -0.4 is 0 Å². The summed E-state index contributed by atoms with van der Waals surface area (Å²) in [5.74, 6) is 1.49. The average molecular weight is 376 g/mol. The van der Waals surface area contributed by atoms with Gasteiger partial charge in [0.1, 0.15) is 0 Å². The Hall–Kier alpha value is -0.870. The van der Waals surface area contributed by atoms with Crippen molar-refractivity contribution in [1.82, 2.24) is 0 Å². The molecule has 4 rings (SSSR count). The van der Waals surface area contributed by atoms with Gasteiger partial charge in [-0.3, -0.25) is 0 Å². The highest BCUT2D eigenvalue weighted by Gasteiger charge is 2.57. The number of hydrogen-bond acceptors (Lipinski definition) is 3. The molecule has 3 aliphatic rings. The molecule has 0 radical (unpaired) electrons. The predicted octanol–water partition coefficient (Wildman–Crippen LogP) is 5.23. The molecule has 0 heterocycles. The number of hydrogen-bond donors (Lipinski definition) is 2. The zero-order valence-electron chi connectivity index (χ0n) is 16.1. The second-order valence-electron chi connectivity index (χ2n) is 9.49. The predicted molar refractivity (Wildman–Crippen MR) is 105 cm³/mol. The lowest BCUT2D eigenvalue weighted by molar-refractivity contribution is -0.0278. The quantitative estimate of drug-likeness (QED) is 0.740. The van der Waals surface area contributed by atoms with E-state index in [0.29, 0.717) is 22.6 Å². The van der Waals surface area contributed by atoms with Crippen LogP contribution in [0.15, 0.2) is 35.2 Å². The third-order valence-electron chi connectivity index (χ3n) is 8.04. The number of benzene rings is 1. The van der Waals surface area contributed by atoms with Crippen molar-refractivity contribution < 1.29 is 9.32 Å².